The molecule has 2 rings (SSSR count). The third-order valence-corrected chi connectivity index (χ3v) is 4.06. The highest BCUT2D eigenvalue weighted by Gasteiger charge is 2.18. The molecule has 2 nitrogen and oxygen atoms in total. The van der Waals surface area contributed by atoms with E-state index in [0.717, 1.165) is 17.7 Å². The molecule has 0 radical (unpaired) electrons. The van der Waals surface area contributed by atoms with E-state index in [2.05, 4.69) is 5.32 Å². The molecule has 0 aliphatic heterocycles. The topological polar surface area (TPSA) is 21.3 Å². The normalized spacial score (nSPS) is 12.2. The van der Waals surface area contributed by atoms with Crippen molar-refractivity contribution in [3.05, 3.63) is 62.6 Å². The second-order valence-electron chi connectivity index (χ2n) is 4.55. The average molecular weight is 345 g/mol. The first kappa shape index (κ1) is 16.4. The molecule has 1 atom stereocenters. The van der Waals surface area contributed by atoms with Crippen molar-refractivity contribution in [1.29, 1.82) is 0 Å². The molecular formula is C16H16Cl3NO. The zero-order chi connectivity index (χ0) is 15.4. The van der Waals surface area contributed by atoms with Crippen LogP contribution in [0.25, 0.3) is 0 Å². The van der Waals surface area contributed by atoms with Crippen molar-refractivity contribution in [3.63, 3.8) is 0 Å². The van der Waals surface area contributed by atoms with Crippen molar-refractivity contribution in [2.75, 3.05) is 13.7 Å². The summed E-state index contributed by atoms with van der Waals surface area (Å²) < 4.78 is 5.19. The molecule has 0 heterocycles. The number of rotatable bonds is 5. The zero-order valence-corrected chi connectivity index (χ0v) is 14.1. The molecule has 2 aromatic rings. The Labute approximate surface area is 140 Å². The van der Waals surface area contributed by atoms with Crippen LogP contribution in [0.15, 0.2) is 36.4 Å². The lowest BCUT2D eigenvalue weighted by atomic mass is 9.98. The molecule has 21 heavy (non-hydrogen) atoms. The van der Waals surface area contributed by atoms with Gasteiger partial charge in [-0.3, -0.25) is 0 Å². The van der Waals surface area contributed by atoms with Crippen molar-refractivity contribution in [2.24, 2.45) is 0 Å². The molecular weight excluding hydrogens is 329 g/mol. The lowest BCUT2D eigenvalue weighted by Gasteiger charge is -2.21. The van der Waals surface area contributed by atoms with Gasteiger partial charge >= 0.3 is 0 Å². The molecule has 0 amide bonds. The summed E-state index contributed by atoms with van der Waals surface area (Å²) in [5, 5.41) is 5.29. The summed E-state index contributed by atoms with van der Waals surface area (Å²) in [5.74, 6) is 0.646. The molecule has 112 valence electrons. The summed E-state index contributed by atoms with van der Waals surface area (Å²) in [5.41, 5.74) is 1.93. The van der Waals surface area contributed by atoms with E-state index in [-0.39, 0.29) is 6.04 Å². The van der Waals surface area contributed by atoms with Gasteiger partial charge in [0.15, 0.2) is 0 Å². The molecule has 0 saturated carbocycles. The zero-order valence-electron chi connectivity index (χ0n) is 11.8. The van der Waals surface area contributed by atoms with Gasteiger partial charge in [-0.15, -0.1) is 0 Å². The predicted molar refractivity (Wildman–Crippen MR) is 90.0 cm³/mol. The number of ether oxygens (including phenoxy) is 1. The van der Waals surface area contributed by atoms with Crippen LogP contribution in [0.5, 0.6) is 5.75 Å². The van der Waals surface area contributed by atoms with E-state index >= 15 is 0 Å². The highest BCUT2D eigenvalue weighted by molar-refractivity contribution is 6.33. The van der Waals surface area contributed by atoms with Gasteiger partial charge in [0.2, 0.25) is 0 Å². The summed E-state index contributed by atoms with van der Waals surface area (Å²) in [6.45, 7) is 2.83. The summed E-state index contributed by atoms with van der Waals surface area (Å²) in [7, 11) is 1.59. The SMILES string of the molecule is CCNC(c1ccc(OC)c(Cl)c1)c1cc(Cl)ccc1Cl. The van der Waals surface area contributed by atoms with Gasteiger partial charge in [-0.1, -0.05) is 47.8 Å². The molecule has 0 saturated heterocycles. The van der Waals surface area contributed by atoms with E-state index in [9.17, 15) is 0 Å². The third-order valence-electron chi connectivity index (χ3n) is 3.19. The molecule has 0 aromatic heterocycles. The van der Waals surface area contributed by atoms with Crippen LogP contribution in [-0.2, 0) is 0 Å². The van der Waals surface area contributed by atoms with Crippen LogP contribution in [0.3, 0.4) is 0 Å². The standard InChI is InChI=1S/C16H16Cl3NO/c1-3-20-16(12-9-11(17)5-6-13(12)18)10-4-7-15(21-2)14(19)8-10/h4-9,16,20H,3H2,1-2H3. The number of hydrogen-bond acceptors (Lipinski definition) is 2. The van der Waals surface area contributed by atoms with Crippen LogP contribution in [0.2, 0.25) is 15.1 Å². The largest absolute Gasteiger partial charge is 0.495 e. The first-order valence-corrected chi connectivity index (χ1v) is 7.72. The summed E-state index contributed by atoms with van der Waals surface area (Å²) in [6.07, 6.45) is 0. The Morgan fingerprint density at radius 2 is 1.81 bits per heavy atom. The van der Waals surface area contributed by atoms with Crippen molar-refractivity contribution < 1.29 is 4.74 Å². The molecule has 0 bridgehead atoms. The monoisotopic (exact) mass is 343 g/mol. The number of hydrogen-bond donors (Lipinski definition) is 1. The molecule has 2 aromatic carbocycles. The Balaban J connectivity index is 2.48. The molecule has 0 fully saturated rings. The van der Waals surface area contributed by atoms with Gasteiger partial charge in [0.1, 0.15) is 5.75 Å². The van der Waals surface area contributed by atoms with E-state index < -0.39 is 0 Å². The van der Waals surface area contributed by atoms with E-state index in [4.69, 9.17) is 39.5 Å². The van der Waals surface area contributed by atoms with Gasteiger partial charge in [0, 0.05) is 10.0 Å². The van der Waals surface area contributed by atoms with Crippen molar-refractivity contribution >= 4 is 34.8 Å². The molecule has 0 aliphatic rings. The van der Waals surface area contributed by atoms with Crippen molar-refractivity contribution in [2.45, 2.75) is 13.0 Å². The Kier molecular flexibility index (Phi) is 5.77. The van der Waals surface area contributed by atoms with E-state index in [0.29, 0.717) is 20.8 Å². The third kappa shape index (κ3) is 3.83. The Morgan fingerprint density at radius 3 is 2.43 bits per heavy atom. The van der Waals surface area contributed by atoms with E-state index in [1.807, 2.05) is 31.2 Å². The maximum absolute atomic E-state index is 6.32. The van der Waals surface area contributed by atoms with Crippen LogP contribution < -0.4 is 10.1 Å². The summed E-state index contributed by atoms with van der Waals surface area (Å²) in [6, 6.07) is 11.1. The predicted octanol–water partition coefficient (Wildman–Crippen LogP) is 5.35. The minimum absolute atomic E-state index is 0.0791. The fourth-order valence-corrected chi connectivity index (χ4v) is 2.88. The van der Waals surface area contributed by atoms with Gasteiger partial charge in [-0.25, -0.2) is 0 Å². The van der Waals surface area contributed by atoms with Crippen LogP contribution in [0.1, 0.15) is 24.1 Å². The van der Waals surface area contributed by atoms with Gasteiger partial charge in [0.25, 0.3) is 0 Å². The lowest BCUT2D eigenvalue weighted by Crippen LogP contribution is -2.22. The maximum Gasteiger partial charge on any atom is 0.137 e. The summed E-state index contributed by atoms with van der Waals surface area (Å²) in [4.78, 5) is 0. The Morgan fingerprint density at radius 1 is 1.05 bits per heavy atom. The summed E-state index contributed by atoms with van der Waals surface area (Å²) >= 11 is 18.6. The molecule has 1 N–H and O–H groups in total. The Bertz CT molecular complexity index is 631. The fourth-order valence-electron chi connectivity index (χ4n) is 2.21. The lowest BCUT2D eigenvalue weighted by molar-refractivity contribution is 0.414. The average Bonchev–Trinajstić information content (AvgIpc) is 2.47. The first-order chi connectivity index (χ1) is 10.1. The van der Waals surface area contributed by atoms with Crippen LogP contribution in [0, 0.1) is 0 Å². The van der Waals surface area contributed by atoms with Crippen LogP contribution in [0.4, 0.5) is 0 Å². The minimum Gasteiger partial charge on any atom is -0.495 e. The number of benzene rings is 2. The highest BCUT2D eigenvalue weighted by Crippen LogP contribution is 2.34. The highest BCUT2D eigenvalue weighted by atomic mass is 35.5. The van der Waals surface area contributed by atoms with Gasteiger partial charge in [0.05, 0.1) is 18.2 Å². The van der Waals surface area contributed by atoms with Crippen molar-refractivity contribution in [3.8, 4) is 5.75 Å². The molecule has 0 aliphatic carbocycles. The van der Waals surface area contributed by atoms with Crippen LogP contribution >= 0.6 is 34.8 Å². The van der Waals surface area contributed by atoms with Gasteiger partial charge in [-0.05, 0) is 48.0 Å². The first-order valence-electron chi connectivity index (χ1n) is 6.58. The van der Waals surface area contributed by atoms with Gasteiger partial charge in [-0.2, -0.15) is 0 Å². The smallest absolute Gasteiger partial charge is 0.137 e. The second kappa shape index (κ2) is 7.37. The molecule has 1 unspecified atom stereocenters. The fraction of sp³-hybridized carbons (Fsp3) is 0.250. The second-order valence-corrected chi connectivity index (χ2v) is 5.80. The van der Waals surface area contributed by atoms with E-state index in [1.54, 1.807) is 19.2 Å². The van der Waals surface area contributed by atoms with Gasteiger partial charge < -0.3 is 10.1 Å². The van der Waals surface area contributed by atoms with E-state index in [1.165, 1.54) is 0 Å². The number of halogens is 3. The molecule has 0 spiro atoms. The minimum atomic E-state index is -0.0791. The number of methoxy groups -OCH3 is 1. The Hall–Kier alpha value is -0.930. The quantitative estimate of drug-likeness (QED) is 0.789. The van der Waals surface area contributed by atoms with Crippen LogP contribution in [-0.4, -0.2) is 13.7 Å². The molecule has 5 heteroatoms. The maximum atomic E-state index is 6.32. The number of nitrogens with one attached hydrogen (secondary N) is 1. The van der Waals surface area contributed by atoms with Crippen molar-refractivity contribution in [1.82, 2.24) is 5.32 Å².